The molecule has 2 amide bonds. The number of carbonyl (C=O) groups excluding carboxylic acids is 2. The molecule has 2 aromatic carbocycles. The van der Waals surface area contributed by atoms with E-state index in [2.05, 4.69) is 5.32 Å². The zero-order valence-electron chi connectivity index (χ0n) is 13.2. The number of hydrogen-bond donors (Lipinski definition) is 1. The molecule has 0 unspecified atom stereocenters. The van der Waals surface area contributed by atoms with E-state index < -0.39 is 0 Å². The van der Waals surface area contributed by atoms with Gasteiger partial charge in [-0.2, -0.15) is 0 Å². The lowest BCUT2D eigenvalue weighted by Crippen LogP contribution is -2.31. The molecule has 0 aliphatic carbocycles. The zero-order chi connectivity index (χ0) is 17.7. The number of halogens is 2. The molecule has 0 fully saturated rings. The van der Waals surface area contributed by atoms with Gasteiger partial charge >= 0.3 is 0 Å². The van der Waals surface area contributed by atoms with Gasteiger partial charge in [0.05, 0.1) is 5.02 Å². The van der Waals surface area contributed by atoms with Crippen molar-refractivity contribution < 1.29 is 14.3 Å². The topological polar surface area (TPSA) is 58.6 Å². The summed E-state index contributed by atoms with van der Waals surface area (Å²) < 4.78 is 5.43. The van der Waals surface area contributed by atoms with Crippen molar-refractivity contribution in [3.8, 4) is 5.75 Å². The van der Waals surface area contributed by atoms with E-state index in [1.165, 1.54) is 11.8 Å². The molecule has 0 spiro atoms. The van der Waals surface area contributed by atoms with Gasteiger partial charge in [0.15, 0.2) is 6.61 Å². The normalized spacial score (nSPS) is 10.2. The molecule has 1 N–H and O–H groups in total. The van der Waals surface area contributed by atoms with Gasteiger partial charge in [0.2, 0.25) is 5.91 Å². The first kappa shape index (κ1) is 18.1. The van der Waals surface area contributed by atoms with Gasteiger partial charge in [-0.25, -0.2) is 0 Å². The van der Waals surface area contributed by atoms with Crippen LogP contribution >= 0.6 is 23.2 Å². The van der Waals surface area contributed by atoms with Crippen molar-refractivity contribution in [3.05, 3.63) is 52.5 Å². The lowest BCUT2D eigenvalue weighted by Gasteiger charge is -2.18. The number of nitrogens with zero attached hydrogens (tertiary/aromatic N) is 1. The van der Waals surface area contributed by atoms with Crippen LogP contribution in [0.25, 0.3) is 0 Å². The Balaban J connectivity index is 1.97. The molecule has 2 rings (SSSR count). The summed E-state index contributed by atoms with van der Waals surface area (Å²) in [5.74, 6) is -0.00228. The van der Waals surface area contributed by atoms with Crippen molar-refractivity contribution in [3.63, 3.8) is 0 Å². The van der Waals surface area contributed by atoms with E-state index >= 15 is 0 Å². The summed E-state index contributed by atoms with van der Waals surface area (Å²) in [6, 6.07) is 11.7. The molecule has 0 saturated carbocycles. The first-order valence-electron chi connectivity index (χ1n) is 7.09. The summed E-state index contributed by atoms with van der Waals surface area (Å²) in [5, 5.41) is 3.51. The number of carbonyl (C=O) groups is 2. The molecule has 0 aromatic heterocycles. The van der Waals surface area contributed by atoms with Crippen molar-refractivity contribution >= 4 is 46.4 Å². The van der Waals surface area contributed by atoms with Crippen molar-refractivity contribution in [2.45, 2.75) is 6.92 Å². The van der Waals surface area contributed by atoms with Crippen LogP contribution in [0.1, 0.15) is 6.92 Å². The van der Waals surface area contributed by atoms with Gasteiger partial charge < -0.3 is 15.0 Å². The fourth-order valence-corrected chi connectivity index (χ4v) is 2.41. The number of benzene rings is 2. The van der Waals surface area contributed by atoms with Gasteiger partial charge in [0.1, 0.15) is 5.75 Å². The molecule has 0 aliphatic heterocycles. The number of rotatable bonds is 5. The van der Waals surface area contributed by atoms with Crippen LogP contribution in [0.2, 0.25) is 10.0 Å². The molecule has 0 atom stereocenters. The molecule has 7 heteroatoms. The van der Waals surface area contributed by atoms with Crippen molar-refractivity contribution in [2.24, 2.45) is 0 Å². The van der Waals surface area contributed by atoms with Crippen LogP contribution in [0.15, 0.2) is 42.5 Å². The number of likely N-dealkylation sites (N-methyl/N-ethyl adjacent to an activating group) is 1. The van der Waals surface area contributed by atoms with Crippen LogP contribution < -0.4 is 15.0 Å². The summed E-state index contributed by atoms with van der Waals surface area (Å²) in [6.45, 7) is 1.27. The van der Waals surface area contributed by atoms with Gasteiger partial charge in [-0.3, -0.25) is 9.59 Å². The maximum Gasteiger partial charge on any atom is 0.264 e. The van der Waals surface area contributed by atoms with E-state index in [1.807, 2.05) is 0 Å². The molecule has 0 radical (unpaired) electrons. The Hall–Kier alpha value is -2.24. The van der Waals surface area contributed by atoms with Crippen LogP contribution in [-0.2, 0) is 9.59 Å². The molecular weight excluding hydrogens is 351 g/mol. The molecule has 0 bridgehead atoms. The maximum absolute atomic E-state index is 12.2. The Morgan fingerprint density at radius 1 is 1.12 bits per heavy atom. The fourth-order valence-electron chi connectivity index (χ4n) is 1.94. The zero-order valence-corrected chi connectivity index (χ0v) is 14.7. The minimum atomic E-state index is -0.242. The second-order valence-corrected chi connectivity index (χ2v) is 5.89. The van der Waals surface area contributed by atoms with Crippen LogP contribution in [0.5, 0.6) is 5.75 Å². The van der Waals surface area contributed by atoms with Crippen molar-refractivity contribution in [1.82, 2.24) is 0 Å². The fraction of sp³-hybridized carbons (Fsp3) is 0.176. The van der Waals surface area contributed by atoms with E-state index in [1.54, 1.807) is 49.5 Å². The number of amides is 2. The molecule has 5 nitrogen and oxygen atoms in total. The van der Waals surface area contributed by atoms with Gasteiger partial charge in [-0.05, 0) is 42.5 Å². The SMILES string of the molecule is CC(=O)Nc1ccc(N(C)C(=O)COc2ccc(Cl)cc2Cl)cc1. The standard InChI is InChI=1S/C17H16Cl2N2O3/c1-11(22)20-13-4-6-14(7-5-13)21(2)17(23)10-24-16-8-3-12(18)9-15(16)19/h3-9H,10H2,1-2H3,(H,20,22). The van der Waals surface area contributed by atoms with Gasteiger partial charge in [0, 0.05) is 30.4 Å². The Morgan fingerprint density at radius 3 is 2.38 bits per heavy atom. The van der Waals surface area contributed by atoms with Crippen LogP contribution in [0.4, 0.5) is 11.4 Å². The van der Waals surface area contributed by atoms with Crippen molar-refractivity contribution in [1.29, 1.82) is 0 Å². The Morgan fingerprint density at radius 2 is 1.79 bits per heavy atom. The third-order valence-corrected chi connectivity index (χ3v) is 3.72. The van der Waals surface area contributed by atoms with Crippen LogP contribution in [-0.4, -0.2) is 25.5 Å². The second-order valence-electron chi connectivity index (χ2n) is 5.04. The van der Waals surface area contributed by atoms with E-state index in [0.717, 1.165) is 0 Å². The largest absolute Gasteiger partial charge is 0.482 e. The summed E-state index contributed by atoms with van der Waals surface area (Å²) in [7, 11) is 1.64. The Bertz CT molecular complexity index is 748. The number of anilines is 2. The monoisotopic (exact) mass is 366 g/mol. The van der Waals surface area contributed by atoms with Gasteiger partial charge in [-0.15, -0.1) is 0 Å². The Labute approximate surface area is 150 Å². The molecule has 126 valence electrons. The van der Waals surface area contributed by atoms with Gasteiger partial charge in [-0.1, -0.05) is 23.2 Å². The summed E-state index contributed by atoms with van der Waals surface area (Å²) in [5.41, 5.74) is 1.34. The lowest BCUT2D eigenvalue weighted by atomic mass is 10.2. The van der Waals surface area contributed by atoms with E-state index in [-0.39, 0.29) is 18.4 Å². The van der Waals surface area contributed by atoms with Crippen LogP contribution in [0, 0.1) is 0 Å². The third-order valence-electron chi connectivity index (χ3n) is 3.19. The molecule has 0 aliphatic rings. The summed E-state index contributed by atoms with van der Waals surface area (Å²) in [4.78, 5) is 24.7. The number of hydrogen-bond acceptors (Lipinski definition) is 3. The molecule has 0 saturated heterocycles. The minimum Gasteiger partial charge on any atom is -0.482 e. The molecular formula is C17H16Cl2N2O3. The third kappa shape index (κ3) is 4.88. The number of nitrogens with one attached hydrogen (secondary N) is 1. The van der Waals surface area contributed by atoms with E-state index in [9.17, 15) is 9.59 Å². The Kier molecular flexibility index (Phi) is 6.06. The van der Waals surface area contributed by atoms with E-state index in [0.29, 0.717) is 27.2 Å². The molecule has 24 heavy (non-hydrogen) atoms. The first-order chi connectivity index (χ1) is 11.4. The second kappa shape index (κ2) is 8.04. The first-order valence-corrected chi connectivity index (χ1v) is 7.84. The van der Waals surface area contributed by atoms with E-state index in [4.69, 9.17) is 27.9 Å². The number of ether oxygens (including phenoxy) is 1. The average Bonchev–Trinajstić information content (AvgIpc) is 2.53. The molecule has 0 heterocycles. The summed E-state index contributed by atoms with van der Waals surface area (Å²) >= 11 is 11.8. The summed E-state index contributed by atoms with van der Waals surface area (Å²) in [6.07, 6.45) is 0. The average molecular weight is 367 g/mol. The highest BCUT2D eigenvalue weighted by atomic mass is 35.5. The highest BCUT2D eigenvalue weighted by molar-refractivity contribution is 6.35. The maximum atomic E-state index is 12.2. The predicted octanol–water partition coefficient (Wildman–Crippen LogP) is 3.99. The van der Waals surface area contributed by atoms with Crippen molar-refractivity contribution in [2.75, 3.05) is 23.9 Å². The van der Waals surface area contributed by atoms with Gasteiger partial charge in [0.25, 0.3) is 5.91 Å². The van der Waals surface area contributed by atoms with Crippen LogP contribution in [0.3, 0.4) is 0 Å². The molecule has 2 aromatic rings. The predicted molar refractivity (Wildman–Crippen MR) is 96.1 cm³/mol. The quantitative estimate of drug-likeness (QED) is 0.869. The highest BCUT2D eigenvalue weighted by Crippen LogP contribution is 2.27. The lowest BCUT2D eigenvalue weighted by molar-refractivity contribution is -0.120. The smallest absolute Gasteiger partial charge is 0.264 e. The highest BCUT2D eigenvalue weighted by Gasteiger charge is 2.13. The minimum absolute atomic E-state index is 0.152.